The van der Waals surface area contributed by atoms with Crippen LogP contribution in [0.1, 0.15) is 12.0 Å². The van der Waals surface area contributed by atoms with Crippen LogP contribution in [0.25, 0.3) is 17.0 Å². The highest BCUT2D eigenvalue weighted by atomic mass is 16.2. The summed E-state index contributed by atoms with van der Waals surface area (Å²) >= 11 is 0. The average molecular weight is 384 g/mol. The Morgan fingerprint density at radius 2 is 1.86 bits per heavy atom. The minimum absolute atomic E-state index is 0.0557. The van der Waals surface area contributed by atoms with Gasteiger partial charge in [0.05, 0.1) is 5.69 Å². The SMILES string of the molecule is Cc1ccc(N2CCC(Nc3cc(-c4ccccc4)nc4ncnn34)C2=O)cc1. The monoisotopic (exact) mass is 384 g/mol. The van der Waals surface area contributed by atoms with E-state index in [1.807, 2.05) is 72.5 Å². The molecule has 29 heavy (non-hydrogen) atoms. The van der Waals surface area contributed by atoms with E-state index < -0.39 is 0 Å². The number of rotatable bonds is 4. The summed E-state index contributed by atoms with van der Waals surface area (Å²) in [4.78, 5) is 23.7. The zero-order chi connectivity index (χ0) is 19.8. The molecule has 1 amide bonds. The molecule has 4 aromatic rings. The van der Waals surface area contributed by atoms with E-state index in [4.69, 9.17) is 0 Å². The summed E-state index contributed by atoms with van der Waals surface area (Å²) in [5.41, 5.74) is 3.87. The van der Waals surface area contributed by atoms with Crippen LogP contribution in [0.5, 0.6) is 0 Å². The van der Waals surface area contributed by atoms with Crippen molar-refractivity contribution >= 4 is 23.2 Å². The summed E-state index contributed by atoms with van der Waals surface area (Å²) in [5.74, 6) is 1.25. The minimum atomic E-state index is -0.324. The Labute approximate surface area is 168 Å². The van der Waals surface area contributed by atoms with Crippen molar-refractivity contribution in [1.82, 2.24) is 19.6 Å². The van der Waals surface area contributed by atoms with Crippen LogP contribution >= 0.6 is 0 Å². The zero-order valence-corrected chi connectivity index (χ0v) is 16.0. The Hall–Kier alpha value is -3.74. The summed E-state index contributed by atoms with van der Waals surface area (Å²) < 4.78 is 1.63. The molecule has 7 heteroatoms. The number of carbonyl (C=O) groups is 1. The van der Waals surface area contributed by atoms with E-state index in [0.717, 1.165) is 16.9 Å². The van der Waals surface area contributed by atoms with Gasteiger partial charge >= 0.3 is 0 Å². The van der Waals surface area contributed by atoms with Gasteiger partial charge in [0.2, 0.25) is 5.91 Å². The number of aryl methyl sites for hydroxylation is 1. The van der Waals surface area contributed by atoms with E-state index in [1.54, 1.807) is 4.52 Å². The summed E-state index contributed by atoms with van der Waals surface area (Å²) in [6.45, 7) is 2.72. The van der Waals surface area contributed by atoms with E-state index in [-0.39, 0.29) is 11.9 Å². The Bertz CT molecular complexity index is 1170. The molecular formula is C22H20N6O. The number of amides is 1. The van der Waals surface area contributed by atoms with Crippen LogP contribution < -0.4 is 10.2 Å². The first-order chi connectivity index (χ1) is 14.2. The van der Waals surface area contributed by atoms with Crippen molar-refractivity contribution < 1.29 is 4.79 Å². The predicted octanol–water partition coefficient (Wildman–Crippen LogP) is 3.32. The Kier molecular flexibility index (Phi) is 4.20. The van der Waals surface area contributed by atoms with Crippen molar-refractivity contribution in [3.8, 4) is 11.3 Å². The lowest BCUT2D eigenvalue weighted by Gasteiger charge is -2.18. The van der Waals surface area contributed by atoms with Crippen LogP contribution in [0.4, 0.5) is 11.5 Å². The van der Waals surface area contributed by atoms with Gasteiger partial charge in [0.25, 0.3) is 5.78 Å². The highest BCUT2D eigenvalue weighted by Crippen LogP contribution is 2.26. The minimum Gasteiger partial charge on any atom is -0.358 e. The summed E-state index contributed by atoms with van der Waals surface area (Å²) in [5, 5.41) is 7.63. The van der Waals surface area contributed by atoms with Gasteiger partial charge in [-0.1, -0.05) is 48.0 Å². The number of anilines is 2. The molecule has 1 aliphatic heterocycles. The van der Waals surface area contributed by atoms with Crippen molar-refractivity contribution in [2.24, 2.45) is 0 Å². The van der Waals surface area contributed by atoms with E-state index in [9.17, 15) is 4.79 Å². The van der Waals surface area contributed by atoms with Gasteiger partial charge in [-0.2, -0.15) is 14.6 Å². The average Bonchev–Trinajstić information content (AvgIpc) is 3.37. The molecule has 1 saturated heterocycles. The maximum atomic E-state index is 13.0. The highest BCUT2D eigenvalue weighted by molar-refractivity contribution is 6.01. The molecule has 1 unspecified atom stereocenters. The van der Waals surface area contributed by atoms with Crippen molar-refractivity contribution in [2.75, 3.05) is 16.8 Å². The molecule has 144 valence electrons. The smallest absolute Gasteiger partial charge is 0.254 e. The summed E-state index contributed by atoms with van der Waals surface area (Å²) in [6.07, 6.45) is 2.18. The van der Waals surface area contributed by atoms with Gasteiger partial charge in [0.1, 0.15) is 18.2 Å². The number of benzene rings is 2. The second kappa shape index (κ2) is 7.01. The highest BCUT2D eigenvalue weighted by Gasteiger charge is 2.33. The summed E-state index contributed by atoms with van der Waals surface area (Å²) in [6, 6.07) is 19.5. The molecule has 7 nitrogen and oxygen atoms in total. The fourth-order valence-electron chi connectivity index (χ4n) is 3.65. The first-order valence-corrected chi connectivity index (χ1v) is 9.60. The second-order valence-electron chi connectivity index (χ2n) is 7.18. The molecule has 1 fully saturated rings. The quantitative estimate of drug-likeness (QED) is 0.584. The van der Waals surface area contributed by atoms with E-state index >= 15 is 0 Å². The van der Waals surface area contributed by atoms with Crippen LogP contribution in [0, 0.1) is 6.92 Å². The fourth-order valence-corrected chi connectivity index (χ4v) is 3.65. The van der Waals surface area contributed by atoms with Gasteiger partial charge in [-0.25, -0.2) is 4.98 Å². The number of aromatic nitrogens is 4. The Morgan fingerprint density at radius 1 is 1.07 bits per heavy atom. The van der Waals surface area contributed by atoms with Crippen molar-refractivity contribution in [1.29, 1.82) is 0 Å². The van der Waals surface area contributed by atoms with Gasteiger partial charge in [0.15, 0.2) is 0 Å². The first-order valence-electron chi connectivity index (χ1n) is 9.60. The van der Waals surface area contributed by atoms with E-state index in [1.165, 1.54) is 11.9 Å². The van der Waals surface area contributed by atoms with Crippen molar-refractivity contribution in [2.45, 2.75) is 19.4 Å². The molecule has 0 radical (unpaired) electrons. The number of hydrogen-bond donors (Lipinski definition) is 1. The lowest BCUT2D eigenvalue weighted by atomic mass is 10.1. The number of fused-ring (bicyclic) bond motifs is 1. The third kappa shape index (κ3) is 3.20. The molecule has 0 aliphatic carbocycles. The topological polar surface area (TPSA) is 75.4 Å². The van der Waals surface area contributed by atoms with Crippen LogP contribution in [0.15, 0.2) is 67.0 Å². The third-order valence-electron chi connectivity index (χ3n) is 5.19. The van der Waals surface area contributed by atoms with E-state index in [2.05, 4.69) is 20.4 Å². The molecule has 1 aliphatic rings. The fraction of sp³-hybridized carbons (Fsp3) is 0.182. The maximum Gasteiger partial charge on any atom is 0.254 e. The lowest BCUT2D eigenvalue weighted by Crippen LogP contribution is -2.34. The molecule has 0 spiro atoms. The molecule has 5 rings (SSSR count). The largest absolute Gasteiger partial charge is 0.358 e. The van der Waals surface area contributed by atoms with Crippen LogP contribution in [0.2, 0.25) is 0 Å². The van der Waals surface area contributed by atoms with Gasteiger partial charge < -0.3 is 10.2 Å². The molecule has 2 aromatic heterocycles. The van der Waals surface area contributed by atoms with Gasteiger partial charge in [-0.15, -0.1) is 0 Å². The molecule has 1 atom stereocenters. The Balaban J connectivity index is 1.45. The number of carbonyl (C=O) groups excluding carboxylic acids is 1. The molecule has 3 heterocycles. The molecule has 0 saturated carbocycles. The molecule has 0 bridgehead atoms. The van der Waals surface area contributed by atoms with Gasteiger partial charge in [-0.3, -0.25) is 4.79 Å². The number of nitrogens with zero attached hydrogens (tertiary/aromatic N) is 5. The molecule has 1 N–H and O–H groups in total. The van der Waals surface area contributed by atoms with Gasteiger partial charge in [-0.05, 0) is 25.5 Å². The van der Waals surface area contributed by atoms with Crippen LogP contribution in [0.3, 0.4) is 0 Å². The maximum absolute atomic E-state index is 13.0. The van der Waals surface area contributed by atoms with Crippen molar-refractivity contribution in [3.63, 3.8) is 0 Å². The number of nitrogens with one attached hydrogen (secondary N) is 1. The van der Waals surface area contributed by atoms with Crippen LogP contribution in [-0.2, 0) is 4.79 Å². The first kappa shape index (κ1) is 17.4. The van der Waals surface area contributed by atoms with E-state index in [0.29, 0.717) is 24.6 Å². The normalized spacial score (nSPS) is 16.5. The summed E-state index contributed by atoms with van der Waals surface area (Å²) in [7, 11) is 0. The van der Waals surface area contributed by atoms with Gasteiger partial charge in [0, 0.05) is 23.9 Å². The predicted molar refractivity (Wildman–Crippen MR) is 112 cm³/mol. The second-order valence-corrected chi connectivity index (χ2v) is 7.18. The zero-order valence-electron chi connectivity index (χ0n) is 16.0. The Morgan fingerprint density at radius 3 is 2.66 bits per heavy atom. The molecule has 2 aromatic carbocycles. The van der Waals surface area contributed by atoms with Crippen LogP contribution in [-0.4, -0.2) is 38.1 Å². The molecular weight excluding hydrogens is 364 g/mol. The van der Waals surface area contributed by atoms with Crippen molar-refractivity contribution in [3.05, 3.63) is 72.6 Å². The lowest BCUT2D eigenvalue weighted by molar-refractivity contribution is -0.117. The number of hydrogen-bond acceptors (Lipinski definition) is 5. The standard InChI is InChI=1S/C22H20N6O/c1-15-7-9-17(10-8-15)27-12-11-18(21(27)29)25-20-13-19(16-5-3-2-4-6-16)26-22-23-14-24-28(20)22/h2-10,13-14,18,25H,11-12H2,1H3. The third-order valence-corrected chi connectivity index (χ3v) is 5.19.